The monoisotopic (exact) mass is 256 g/mol. The van der Waals surface area contributed by atoms with Gasteiger partial charge in [-0.1, -0.05) is 11.8 Å². The van der Waals surface area contributed by atoms with Crippen molar-refractivity contribution in [2.45, 2.75) is 12.2 Å². The van der Waals surface area contributed by atoms with E-state index in [1.54, 1.807) is 18.4 Å². The minimum absolute atomic E-state index is 0.136. The lowest BCUT2D eigenvalue weighted by molar-refractivity contribution is 0.218. The van der Waals surface area contributed by atoms with Gasteiger partial charge >= 0.3 is 0 Å². The molecular formula is C12H16O2S2. The topological polar surface area (TPSA) is 29.5 Å². The number of hydrogen-bond acceptors (Lipinski definition) is 4. The van der Waals surface area contributed by atoms with Crippen LogP contribution in [0.5, 0.6) is 0 Å². The summed E-state index contributed by atoms with van der Waals surface area (Å²) in [6.45, 7) is 0.941. The minimum Gasteiger partial charge on any atom is -0.395 e. The third-order valence-electron chi connectivity index (χ3n) is 1.80. The Labute approximate surface area is 105 Å². The molecule has 2 nitrogen and oxygen atoms in total. The number of hydrogen-bond donors (Lipinski definition) is 1. The molecule has 0 aromatic carbocycles. The van der Waals surface area contributed by atoms with Crippen LogP contribution < -0.4 is 0 Å². The first-order valence-corrected chi connectivity index (χ1v) is 7.14. The highest BCUT2D eigenvalue weighted by Crippen LogP contribution is 2.19. The zero-order chi connectivity index (χ0) is 11.6. The first kappa shape index (κ1) is 13.6. The lowest BCUT2D eigenvalue weighted by Gasteiger charge is -1.97. The van der Waals surface area contributed by atoms with Crippen LogP contribution in [0.15, 0.2) is 11.4 Å². The Bertz CT molecular complexity index is 349. The van der Waals surface area contributed by atoms with Gasteiger partial charge in [-0.05, 0) is 6.07 Å². The maximum absolute atomic E-state index is 8.60. The molecule has 1 rings (SSSR count). The molecule has 4 heteroatoms. The number of rotatable bonds is 6. The second-order valence-electron chi connectivity index (χ2n) is 3.12. The largest absolute Gasteiger partial charge is 0.395 e. The van der Waals surface area contributed by atoms with Crippen molar-refractivity contribution in [3.05, 3.63) is 21.9 Å². The molecular weight excluding hydrogens is 240 g/mol. The van der Waals surface area contributed by atoms with E-state index >= 15 is 0 Å². The fourth-order valence-corrected chi connectivity index (χ4v) is 2.89. The highest BCUT2D eigenvalue weighted by molar-refractivity contribution is 7.98. The van der Waals surface area contributed by atoms with Gasteiger partial charge in [-0.2, -0.15) is 11.8 Å². The Kier molecular flexibility index (Phi) is 7.35. The molecule has 0 amide bonds. The van der Waals surface area contributed by atoms with Crippen LogP contribution in [-0.4, -0.2) is 31.2 Å². The number of ether oxygens (including phenoxy) is 1. The maximum atomic E-state index is 8.60. The number of aliphatic hydroxyl groups is 1. The highest BCUT2D eigenvalue weighted by atomic mass is 32.2. The average Bonchev–Trinajstić information content (AvgIpc) is 2.73. The van der Waals surface area contributed by atoms with E-state index in [0.717, 1.165) is 23.7 Å². The van der Waals surface area contributed by atoms with Crippen LogP contribution in [0.2, 0.25) is 0 Å². The molecule has 0 aliphatic carbocycles. The second-order valence-corrected chi connectivity index (χ2v) is 5.22. The summed E-state index contributed by atoms with van der Waals surface area (Å²) in [6, 6.07) is 2.12. The van der Waals surface area contributed by atoms with Gasteiger partial charge in [-0.3, -0.25) is 0 Å². The third-order valence-corrected chi connectivity index (χ3v) is 3.89. The van der Waals surface area contributed by atoms with Crippen molar-refractivity contribution in [1.29, 1.82) is 0 Å². The predicted octanol–water partition coefficient (Wildman–Crippen LogP) is 2.36. The summed E-state index contributed by atoms with van der Waals surface area (Å²) in [6.07, 6.45) is 0.549. The quantitative estimate of drug-likeness (QED) is 0.626. The Morgan fingerprint density at radius 3 is 3.19 bits per heavy atom. The minimum atomic E-state index is 0.136. The van der Waals surface area contributed by atoms with Gasteiger partial charge in [0.2, 0.25) is 0 Å². The summed E-state index contributed by atoms with van der Waals surface area (Å²) in [5.41, 5.74) is 1.06. The van der Waals surface area contributed by atoms with Crippen molar-refractivity contribution in [3.63, 3.8) is 0 Å². The zero-order valence-electron chi connectivity index (χ0n) is 9.36. The molecule has 1 N–H and O–H groups in total. The number of methoxy groups -OCH3 is 1. The molecule has 1 heterocycles. The van der Waals surface area contributed by atoms with Gasteiger partial charge in [0.15, 0.2) is 0 Å². The molecule has 0 aliphatic heterocycles. The Morgan fingerprint density at radius 1 is 1.56 bits per heavy atom. The fraction of sp³-hybridized carbons (Fsp3) is 0.500. The predicted molar refractivity (Wildman–Crippen MR) is 70.9 cm³/mol. The van der Waals surface area contributed by atoms with Crippen LogP contribution in [0.3, 0.4) is 0 Å². The molecule has 0 fully saturated rings. The fourth-order valence-electron chi connectivity index (χ4n) is 1.06. The van der Waals surface area contributed by atoms with Crippen molar-refractivity contribution in [2.24, 2.45) is 0 Å². The van der Waals surface area contributed by atoms with E-state index in [0.29, 0.717) is 6.42 Å². The van der Waals surface area contributed by atoms with E-state index in [-0.39, 0.29) is 6.61 Å². The van der Waals surface area contributed by atoms with Crippen LogP contribution in [0.4, 0.5) is 0 Å². The zero-order valence-corrected chi connectivity index (χ0v) is 11.0. The average molecular weight is 256 g/mol. The van der Waals surface area contributed by atoms with E-state index < -0.39 is 0 Å². The van der Waals surface area contributed by atoms with Gasteiger partial charge in [0, 0.05) is 40.9 Å². The molecule has 0 saturated carbocycles. The van der Waals surface area contributed by atoms with E-state index in [2.05, 4.69) is 23.3 Å². The van der Waals surface area contributed by atoms with Crippen LogP contribution >= 0.6 is 23.1 Å². The lowest BCUT2D eigenvalue weighted by atomic mass is 10.3. The normalized spacial score (nSPS) is 9.88. The molecule has 1 aromatic rings. The molecule has 0 aliphatic rings. The second kappa shape index (κ2) is 8.66. The SMILES string of the molecule is COCCSCc1cc(C#CCCO)cs1. The van der Waals surface area contributed by atoms with Crippen LogP contribution in [-0.2, 0) is 10.5 Å². The smallest absolute Gasteiger partial charge is 0.0553 e. The summed E-state index contributed by atoms with van der Waals surface area (Å²) in [7, 11) is 1.72. The van der Waals surface area contributed by atoms with Gasteiger partial charge in [0.05, 0.1) is 13.2 Å². The first-order valence-electron chi connectivity index (χ1n) is 5.10. The van der Waals surface area contributed by atoms with Gasteiger partial charge in [0.25, 0.3) is 0 Å². The molecule has 16 heavy (non-hydrogen) atoms. The van der Waals surface area contributed by atoms with Gasteiger partial charge < -0.3 is 9.84 Å². The summed E-state index contributed by atoms with van der Waals surface area (Å²) < 4.78 is 4.99. The number of thioether (sulfide) groups is 1. The van der Waals surface area contributed by atoms with Crippen LogP contribution in [0, 0.1) is 11.8 Å². The van der Waals surface area contributed by atoms with Crippen molar-refractivity contribution >= 4 is 23.1 Å². The molecule has 0 atom stereocenters. The van der Waals surface area contributed by atoms with E-state index in [9.17, 15) is 0 Å². The highest BCUT2D eigenvalue weighted by Gasteiger charge is 1.97. The van der Waals surface area contributed by atoms with Gasteiger partial charge in [0.1, 0.15) is 0 Å². The molecule has 0 bridgehead atoms. The van der Waals surface area contributed by atoms with Crippen molar-refractivity contribution in [3.8, 4) is 11.8 Å². The molecule has 0 spiro atoms. The lowest BCUT2D eigenvalue weighted by Crippen LogP contribution is -1.91. The number of aliphatic hydroxyl groups excluding tert-OH is 1. The summed E-state index contributed by atoms with van der Waals surface area (Å²) >= 11 is 3.61. The Balaban J connectivity index is 2.31. The van der Waals surface area contributed by atoms with Gasteiger partial charge in [-0.15, -0.1) is 11.3 Å². The third kappa shape index (κ3) is 5.57. The Hall–Kier alpha value is -0.470. The summed E-state index contributed by atoms with van der Waals surface area (Å²) in [4.78, 5) is 1.34. The van der Waals surface area contributed by atoms with Gasteiger partial charge in [-0.25, -0.2) is 0 Å². The van der Waals surface area contributed by atoms with E-state index in [1.165, 1.54) is 4.88 Å². The van der Waals surface area contributed by atoms with E-state index in [4.69, 9.17) is 9.84 Å². The van der Waals surface area contributed by atoms with Crippen molar-refractivity contribution in [2.75, 3.05) is 26.1 Å². The first-order chi connectivity index (χ1) is 7.86. The molecule has 0 unspecified atom stereocenters. The molecule has 0 radical (unpaired) electrons. The van der Waals surface area contributed by atoms with Crippen molar-refractivity contribution in [1.82, 2.24) is 0 Å². The summed E-state index contributed by atoms with van der Waals surface area (Å²) in [5.74, 6) is 8.01. The van der Waals surface area contributed by atoms with Crippen molar-refractivity contribution < 1.29 is 9.84 Å². The summed E-state index contributed by atoms with van der Waals surface area (Å²) in [5, 5.41) is 10.7. The van der Waals surface area contributed by atoms with E-state index in [1.807, 2.05) is 11.8 Å². The molecule has 88 valence electrons. The molecule has 0 saturated heterocycles. The van der Waals surface area contributed by atoms with Crippen LogP contribution in [0.1, 0.15) is 16.9 Å². The standard InChI is InChI=1S/C12H16O2S2/c1-14-6-7-15-10-12-8-11(9-16-12)4-2-3-5-13/h8-9,13H,3,5-7,10H2,1H3. The molecule has 1 aromatic heterocycles. The Morgan fingerprint density at radius 2 is 2.44 bits per heavy atom. The van der Waals surface area contributed by atoms with Crippen LogP contribution in [0.25, 0.3) is 0 Å². The number of thiophene rings is 1. The maximum Gasteiger partial charge on any atom is 0.0553 e.